The minimum Gasteiger partial charge on any atom is -0.311 e. The van der Waals surface area contributed by atoms with Crippen LogP contribution in [0.15, 0.2) is 35.5 Å². The topological polar surface area (TPSA) is 55.6 Å². The number of benzene rings is 1. The first kappa shape index (κ1) is 12.3. The Balaban J connectivity index is 1.54. The molecular formula is C14H17N5S. The molecule has 0 radical (unpaired) electrons. The van der Waals surface area contributed by atoms with Crippen LogP contribution in [0.3, 0.4) is 0 Å². The van der Waals surface area contributed by atoms with Crippen molar-refractivity contribution in [3.8, 4) is 5.69 Å². The first-order valence-corrected chi connectivity index (χ1v) is 8.03. The van der Waals surface area contributed by atoms with Crippen molar-refractivity contribution in [1.29, 1.82) is 0 Å². The molecule has 4 rings (SSSR count). The summed E-state index contributed by atoms with van der Waals surface area (Å²) in [7, 11) is 0. The van der Waals surface area contributed by atoms with E-state index >= 15 is 0 Å². The van der Waals surface area contributed by atoms with Crippen molar-refractivity contribution in [2.75, 3.05) is 0 Å². The van der Waals surface area contributed by atoms with Gasteiger partial charge in [0.15, 0.2) is 0 Å². The molecule has 1 aromatic carbocycles. The van der Waals surface area contributed by atoms with Crippen molar-refractivity contribution in [2.24, 2.45) is 0 Å². The van der Waals surface area contributed by atoms with Crippen LogP contribution < -0.4 is 5.32 Å². The van der Waals surface area contributed by atoms with Crippen molar-refractivity contribution in [3.05, 3.63) is 30.3 Å². The van der Waals surface area contributed by atoms with E-state index in [9.17, 15) is 0 Å². The molecule has 0 unspecified atom stereocenters. The molecule has 2 saturated heterocycles. The van der Waals surface area contributed by atoms with Gasteiger partial charge < -0.3 is 5.32 Å². The van der Waals surface area contributed by atoms with E-state index in [1.54, 1.807) is 0 Å². The monoisotopic (exact) mass is 287 g/mol. The third kappa shape index (κ3) is 2.33. The average Bonchev–Trinajstić information content (AvgIpc) is 3.07. The van der Waals surface area contributed by atoms with Crippen molar-refractivity contribution < 1.29 is 0 Å². The molecule has 1 N–H and O–H groups in total. The second-order valence-corrected chi connectivity index (χ2v) is 6.83. The van der Waals surface area contributed by atoms with Gasteiger partial charge in [-0.1, -0.05) is 30.0 Å². The molecule has 5 nitrogen and oxygen atoms in total. The highest BCUT2D eigenvalue weighted by atomic mass is 32.2. The highest BCUT2D eigenvalue weighted by molar-refractivity contribution is 7.99. The number of hydrogen-bond donors (Lipinski definition) is 1. The minimum absolute atomic E-state index is 0.627. The van der Waals surface area contributed by atoms with E-state index in [0.717, 1.165) is 10.8 Å². The van der Waals surface area contributed by atoms with Crippen LogP contribution in [0.2, 0.25) is 0 Å². The van der Waals surface area contributed by atoms with Crippen LogP contribution in [0.5, 0.6) is 0 Å². The van der Waals surface area contributed by atoms with Crippen molar-refractivity contribution in [1.82, 2.24) is 25.5 Å². The van der Waals surface area contributed by atoms with Crippen molar-refractivity contribution in [2.45, 2.75) is 48.2 Å². The van der Waals surface area contributed by atoms with Crippen LogP contribution in [-0.4, -0.2) is 37.5 Å². The van der Waals surface area contributed by atoms with Crippen molar-refractivity contribution >= 4 is 11.8 Å². The molecule has 0 amide bonds. The van der Waals surface area contributed by atoms with Gasteiger partial charge >= 0.3 is 0 Å². The first-order valence-electron chi connectivity index (χ1n) is 7.15. The molecule has 2 bridgehead atoms. The minimum atomic E-state index is 0.627. The number of thioether (sulfide) groups is 1. The number of tetrazole rings is 1. The van der Waals surface area contributed by atoms with Crippen molar-refractivity contribution in [3.63, 3.8) is 0 Å². The van der Waals surface area contributed by atoms with E-state index in [0.29, 0.717) is 17.3 Å². The Hall–Kier alpha value is -1.40. The maximum Gasteiger partial charge on any atom is 0.214 e. The fraction of sp³-hybridized carbons (Fsp3) is 0.500. The molecule has 2 atom stereocenters. The van der Waals surface area contributed by atoms with E-state index < -0.39 is 0 Å². The summed E-state index contributed by atoms with van der Waals surface area (Å²) in [6.45, 7) is 0. The van der Waals surface area contributed by atoms with E-state index in [2.05, 4.69) is 20.8 Å². The second kappa shape index (κ2) is 5.18. The molecule has 2 aliphatic heterocycles. The Morgan fingerprint density at radius 1 is 1.10 bits per heavy atom. The number of piperidine rings is 1. The molecule has 3 heterocycles. The van der Waals surface area contributed by atoms with Crippen LogP contribution >= 0.6 is 11.8 Å². The van der Waals surface area contributed by atoms with Gasteiger partial charge in [-0.2, -0.15) is 4.68 Å². The molecule has 0 aliphatic carbocycles. The lowest BCUT2D eigenvalue weighted by molar-refractivity contribution is 0.414. The summed E-state index contributed by atoms with van der Waals surface area (Å²) in [6, 6.07) is 11.5. The zero-order chi connectivity index (χ0) is 13.4. The van der Waals surface area contributed by atoms with Crippen LogP contribution in [0.25, 0.3) is 5.69 Å². The zero-order valence-corrected chi connectivity index (χ0v) is 12.0. The summed E-state index contributed by atoms with van der Waals surface area (Å²) in [5.41, 5.74) is 1.02. The molecule has 6 heteroatoms. The number of para-hydroxylation sites is 1. The number of hydrogen-bond acceptors (Lipinski definition) is 5. The van der Waals surface area contributed by atoms with Gasteiger partial charge in [0, 0.05) is 17.3 Å². The first-order chi connectivity index (χ1) is 9.88. The standard InChI is InChI=1S/C14H17N5S/c1-2-4-12(5-3-1)19-14(16-17-18-19)20-13-8-10-6-7-11(9-13)15-10/h1-5,10-11,13,15H,6-9H2/t10-,11-/m1/s1. The second-order valence-electron chi connectivity index (χ2n) is 5.56. The molecule has 0 spiro atoms. The molecule has 2 aromatic rings. The SMILES string of the molecule is c1ccc(-n2nnnc2SC2C[C@H]3CC[C@H](C2)N3)cc1. The summed E-state index contributed by atoms with van der Waals surface area (Å²) < 4.78 is 1.84. The van der Waals surface area contributed by atoms with Gasteiger partial charge in [0.2, 0.25) is 5.16 Å². The third-order valence-corrected chi connectivity index (χ3v) is 5.33. The van der Waals surface area contributed by atoms with Gasteiger partial charge in [-0.3, -0.25) is 0 Å². The molecule has 1 aromatic heterocycles. The van der Waals surface area contributed by atoms with E-state index in [-0.39, 0.29) is 0 Å². The Bertz CT molecular complexity index is 572. The predicted octanol–water partition coefficient (Wildman–Crippen LogP) is 2.04. The van der Waals surface area contributed by atoms with Crippen LogP contribution in [-0.2, 0) is 0 Å². The number of nitrogens with one attached hydrogen (secondary N) is 1. The molecule has 20 heavy (non-hydrogen) atoms. The third-order valence-electron chi connectivity index (χ3n) is 4.14. The molecule has 2 aliphatic rings. The highest BCUT2D eigenvalue weighted by Gasteiger charge is 2.34. The largest absolute Gasteiger partial charge is 0.311 e. The Labute approximate surface area is 122 Å². The van der Waals surface area contributed by atoms with Gasteiger partial charge in [-0.15, -0.1) is 5.10 Å². The fourth-order valence-electron chi connectivity index (χ4n) is 3.23. The van der Waals surface area contributed by atoms with Gasteiger partial charge in [0.1, 0.15) is 0 Å². The normalized spacial score (nSPS) is 28.7. The fourth-order valence-corrected chi connectivity index (χ4v) is 4.51. The highest BCUT2D eigenvalue weighted by Crippen LogP contribution is 2.36. The van der Waals surface area contributed by atoms with Crippen LogP contribution in [0.1, 0.15) is 25.7 Å². The molecule has 2 fully saturated rings. The Morgan fingerprint density at radius 3 is 2.60 bits per heavy atom. The van der Waals surface area contributed by atoms with Gasteiger partial charge in [-0.25, -0.2) is 0 Å². The zero-order valence-electron chi connectivity index (χ0n) is 11.1. The summed E-state index contributed by atoms with van der Waals surface area (Å²) in [5.74, 6) is 0. The lowest BCUT2D eigenvalue weighted by atomic mass is 10.1. The van der Waals surface area contributed by atoms with E-state index in [1.807, 2.05) is 46.8 Å². The quantitative estimate of drug-likeness (QED) is 0.936. The van der Waals surface area contributed by atoms with E-state index in [4.69, 9.17) is 0 Å². The molecular weight excluding hydrogens is 270 g/mol. The molecule has 0 saturated carbocycles. The summed E-state index contributed by atoms with van der Waals surface area (Å²) >= 11 is 1.83. The average molecular weight is 287 g/mol. The van der Waals surface area contributed by atoms with Gasteiger partial charge in [-0.05, 0) is 48.2 Å². The Morgan fingerprint density at radius 2 is 1.85 bits per heavy atom. The summed E-state index contributed by atoms with van der Waals surface area (Å²) in [4.78, 5) is 0. The van der Waals surface area contributed by atoms with Crippen LogP contribution in [0, 0.1) is 0 Å². The smallest absolute Gasteiger partial charge is 0.214 e. The predicted molar refractivity (Wildman–Crippen MR) is 78.0 cm³/mol. The number of fused-ring (bicyclic) bond motifs is 2. The Kier molecular flexibility index (Phi) is 3.20. The number of rotatable bonds is 3. The number of nitrogens with zero attached hydrogens (tertiary/aromatic N) is 4. The summed E-state index contributed by atoms with van der Waals surface area (Å²) in [5, 5.41) is 17.4. The maximum atomic E-state index is 4.20. The van der Waals surface area contributed by atoms with Gasteiger partial charge in [0.25, 0.3) is 0 Å². The lowest BCUT2D eigenvalue weighted by Gasteiger charge is -2.27. The maximum absolute atomic E-state index is 4.20. The molecule has 104 valence electrons. The van der Waals surface area contributed by atoms with E-state index in [1.165, 1.54) is 25.7 Å². The summed E-state index contributed by atoms with van der Waals surface area (Å²) in [6.07, 6.45) is 5.10. The number of aromatic nitrogens is 4. The lowest BCUT2D eigenvalue weighted by Crippen LogP contribution is -2.39. The van der Waals surface area contributed by atoms with Crippen LogP contribution in [0.4, 0.5) is 0 Å². The van der Waals surface area contributed by atoms with Gasteiger partial charge in [0.05, 0.1) is 5.69 Å².